The summed E-state index contributed by atoms with van der Waals surface area (Å²) in [6.07, 6.45) is 1.30. The number of ether oxygens (including phenoxy) is 1. The van der Waals surface area contributed by atoms with Gasteiger partial charge >= 0.3 is 0 Å². The Bertz CT molecular complexity index is 679. The molecular formula is C19H27N3O4. The monoisotopic (exact) mass is 361 g/mol. The highest BCUT2D eigenvalue weighted by Gasteiger charge is 2.28. The number of nitrogens with zero attached hydrogens (tertiary/aromatic N) is 1. The van der Waals surface area contributed by atoms with E-state index in [4.69, 9.17) is 4.74 Å². The zero-order chi connectivity index (χ0) is 19.3. The van der Waals surface area contributed by atoms with Crippen LogP contribution in [0.1, 0.15) is 33.6 Å². The zero-order valence-electron chi connectivity index (χ0n) is 15.8. The number of carbonyl (C=O) groups excluding carboxylic acids is 3. The van der Waals surface area contributed by atoms with E-state index in [1.54, 1.807) is 18.2 Å². The first-order chi connectivity index (χ1) is 12.3. The first-order valence-electron chi connectivity index (χ1n) is 8.87. The van der Waals surface area contributed by atoms with E-state index < -0.39 is 0 Å². The number of amides is 3. The molecule has 142 valence electrons. The van der Waals surface area contributed by atoms with Crippen molar-refractivity contribution in [2.75, 3.05) is 30.8 Å². The number of rotatable bonds is 5. The Hall–Kier alpha value is -2.57. The molecule has 26 heavy (non-hydrogen) atoms. The van der Waals surface area contributed by atoms with E-state index >= 15 is 0 Å². The second-order valence-corrected chi connectivity index (χ2v) is 6.84. The number of methoxy groups -OCH3 is 1. The fraction of sp³-hybridized carbons (Fsp3) is 0.526. The number of hydrogen-bond acceptors (Lipinski definition) is 4. The van der Waals surface area contributed by atoms with E-state index in [0.717, 1.165) is 0 Å². The number of nitrogens with one attached hydrogen (secondary N) is 2. The van der Waals surface area contributed by atoms with Gasteiger partial charge in [-0.25, -0.2) is 0 Å². The van der Waals surface area contributed by atoms with Crippen LogP contribution in [0, 0.1) is 11.8 Å². The SMILES string of the molecule is COc1ccc(NC(=O)C2CCN(C(=O)C(C)C)CC2)cc1NC(C)=O. The van der Waals surface area contributed by atoms with Gasteiger partial charge in [-0.15, -0.1) is 0 Å². The predicted octanol–water partition coefficient (Wildman–Crippen LogP) is 2.49. The summed E-state index contributed by atoms with van der Waals surface area (Å²) in [5.41, 5.74) is 1.11. The van der Waals surface area contributed by atoms with Crippen molar-refractivity contribution in [1.29, 1.82) is 0 Å². The second-order valence-electron chi connectivity index (χ2n) is 6.84. The molecule has 7 nitrogen and oxygen atoms in total. The Morgan fingerprint density at radius 1 is 1.15 bits per heavy atom. The minimum atomic E-state index is -0.214. The third kappa shape index (κ3) is 4.97. The van der Waals surface area contributed by atoms with Gasteiger partial charge in [0.05, 0.1) is 12.8 Å². The van der Waals surface area contributed by atoms with Crippen molar-refractivity contribution < 1.29 is 19.1 Å². The lowest BCUT2D eigenvalue weighted by atomic mass is 9.95. The smallest absolute Gasteiger partial charge is 0.227 e. The van der Waals surface area contributed by atoms with E-state index in [1.165, 1.54) is 14.0 Å². The van der Waals surface area contributed by atoms with Gasteiger partial charge in [0.15, 0.2) is 0 Å². The molecule has 1 aromatic rings. The summed E-state index contributed by atoms with van der Waals surface area (Å²) in [6.45, 7) is 6.40. The van der Waals surface area contributed by atoms with Crippen LogP contribution in [0.2, 0.25) is 0 Å². The summed E-state index contributed by atoms with van der Waals surface area (Å²) in [6, 6.07) is 5.11. The van der Waals surface area contributed by atoms with Gasteiger partial charge in [0, 0.05) is 37.5 Å². The Kier molecular flexibility index (Phi) is 6.60. The Balaban J connectivity index is 1.98. The van der Waals surface area contributed by atoms with Crippen LogP contribution in [-0.2, 0) is 14.4 Å². The summed E-state index contributed by atoms with van der Waals surface area (Å²) in [4.78, 5) is 37.7. The molecule has 0 bridgehead atoms. The Morgan fingerprint density at radius 3 is 2.35 bits per heavy atom. The van der Waals surface area contributed by atoms with Gasteiger partial charge in [-0.2, -0.15) is 0 Å². The van der Waals surface area contributed by atoms with Crippen LogP contribution in [0.5, 0.6) is 5.75 Å². The van der Waals surface area contributed by atoms with Crippen LogP contribution in [0.25, 0.3) is 0 Å². The molecule has 2 rings (SSSR count). The van der Waals surface area contributed by atoms with Crippen molar-refractivity contribution in [2.24, 2.45) is 11.8 Å². The molecule has 1 aliphatic heterocycles. The standard InChI is InChI=1S/C19H27N3O4/c1-12(2)19(25)22-9-7-14(8-10-22)18(24)21-15-5-6-17(26-4)16(11-15)20-13(3)23/h5-6,11-12,14H,7-10H2,1-4H3,(H,20,23)(H,21,24). The molecule has 7 heteroatoms. The van der Waals surface area contributed by atoms with Crippen molar-refractivity contribution in [2.45, 2.75) is 33.6 Å². The lowest BCUT2D eigenvalue weighted by Gasteiger charge is -2.32. The quantitative estimate of drug-likeness (QED) is 0.843. The van der Waals surface area contributed by atoms with Gasteiger partial charge in [-0.3, -0.25) is 14.4 Å². The van der Waals surface area contributed by atoms with E-state index in [2.05, 4.69) is 10.6 Å². The highest BCUT2D eigenvalue weighted by Crippen LogP contribution is 2.28. The van der Waals surface area contributed by atoms with Crippen LogP contribution in [0.4, 0.5) is 11.4 Å². The zero-order valence-corrected chi connectivity index (χ0v) is 15.8. The van der Waals surface area contributed by atoms with Crippen molar-refractivity contribution in [3.63, 3.8) is 0 Å². The third-order valence-electron chi connectivity index (χ3n) is 4.45. The summed E-state index contributed by atoms with van der Waals surface area (Å²) < 4.78 is 5.21. The molecule has 2 N–H and O–H groups in total. The van der Waals surface area contributed by atoms with E-state index in [9.17, 15) is 14.4 Å². The lowest BCUT2D eigenvalue weighted by Crippen LogP contribution is -2.43. The van der Waals surface area contributed by atoms with Gasteiger partial charge in [0.1, 0.15) is 5.75 Å². The molecule has 0 atom stereocenters. The third-order valence-corrected chi connectivity index (χ3v) is 4.45. The molecule has 3 amide bonds. The van der Waals surface area contributed by atoms with E-state index in [1.807, 2.05) is 18.7 Å². The number of benzene rings is 1. The van der Waals surface area contributed by atoms with Crippen LogP contribution in [0.3, 0.4) is 0 Å². The predicted molar refractivity (Wildman–Crippen MR) is 100 cm³/mol. The van der Waals surface area contributed by atoms with Gasteiger partial charge < -0.3 is 20.3 Å². The molecule has 0 aromatic heterocycles. The molecule has 1 heterocycles. The molecule has 0 unspecified atom stereocenters. The Morgan fingerprint density at radius 2 is 1.81 bits per heavy atom. The molecule has 0 spiro atoms. The maximum atomic E-state index is 12.5. The first-order valence-corrected chi connectivity index (χ1v) is 8.87. The molecule has 1 aromatic carbocycles. The van der Waals surface area contributed by atoms with E-state index in [0.29, 0.717) is 43.1 Å². The van der Waals surface area contributed by atoms with Crippen molar-refractivity contribution in [3.8, 4) is 5.75 Å². The number of carbonyl (C=O) groups is 3. The molecule has 0 radical (unpaired) electrons. The highest BCUT2D eigenvalue weighted by molar-refractivity contribution is 5.95. The van der Waals surface area contributed by atoms with Gasteiger partial charge in [0.2, 0.25) is 17.7 Å². The van der Waals surface area contributed by atoms with Crippen molar-refractivity contribution >= 4 is 29.1 Å². The number of anilines is 2. The van der Waals surface area contributed by atoms with Crippen LogP contribution in [0.15, 0.2) is 18.2 Å². The summed E-state index contributed by atoms with van der Waals surface area (Å²) >= 11 is 0. The minimum Gasteiger partial charge on any atom is -0.495 e. The van der Waals surface area contributed by atoms with E-state index in [-0.39, 0.29) is 29.6 Å². The largest absolute Gasteiger partial charge is 0.495 e. The Labute approximate surface area is 154 Å². The fourth-order valence-corrected chi connectivity index (χ4v) is 3.04. The van der Waals surface area contributed by atoms with Crippen molar-refractivity contribution in [3.05, 3.63) is 18.2 Å². The first kappa shape index (κ1) is 19.8. The molecular weight excluding hydrogens is 334 g/mol. The van der Waals surface area contributed by atoms with Crippen LogP contribution >= 0.6 is 0 Å². The summed E-state index contributed by atoms with van der Waals surface area (Å²) in [5, 5.41) is 5.58. The van der Waals surface area contributed by atoms with Crippen molar-refractivity contribution in [1.82, 2.24) is 4.90 Å². The highest BCUT2D eigenvalue weighted by atomic mass is 16.5. The maximum absolute atomic E-state index is 12.5. The lowest BCUT2D eigenvalue weighted by molar-refractivity contribution is -0.137. The molecule has 0 saturated carbocycles. The van der Waals surface area contributed by atoms with Crippen LogP contribution in [-0.4, -0.2) is 42.8 Å². The topological polar surface area (TPSA) is 87.7 Å². The van der Waals surface area contributed by atoms with Gasteiger partial charge in [0.25, 0.3) is 0 Å². The average molecular weight is 361 g/mol. The van der Waals surface area contributed by atoms with Gasteiger partial charge in [-0.1, -0.05) is 13.8 Å². The minimum absolute atomic E-state index is 0.0214. The second kappa shape index (κ2) is 8.69. The summed E-state index contributed by atoms with van der Waals surface area (Å²) in [5.74, 6) is 0.233. The number of likely N-dealkylation sites (tertiary alicyclic amines) is 1. The molecule has 0 aliphatic carbocycles. The average Bonchev–Trinajstić information content (AvgIpc) is 2.61. The van der Waals surface area contributed by atoms with Crippen LogP contribution < -0.4 is 15.4 Å². The normalized spacial score (nSPS) is 14.9. The molecule has 1 saturated heterocycles. The number of piperidine rings is 1. The number of hydrogen-bond donors (Lipinski definition) is 2. The fourth-order valence-electron chi connectivity index (χ4n) is 3.04. The van der Waals surface area contributed by atoms with Gasteiger partial charge in [-0.05, 0) is 31.0 Å². The maximum Gasteiger partial charge on any atom is 0.227 e. The molecule has 1 aliphatic rings. The molecule has 1 fully saturated rings. The summed E-state index contributed by atoms with van der Waals surface area (Å²) in [7, 11) is 1.52.